The molecule has 0 aliphatic carbocycles. The molecule has 2 N–H and O–H groups in total. The van der Waals surface area contributed by atoms with Gasteiger partial charge in [-0.15, -0.1) is 0 Å². The third kappa shape index (κ3) is 4.93. The summed E-state index contributed by atoms with van der Waals surface area (Å²) in [5.74, 6) is 0. The molecule has 0 spiro atoms. The van der Waals surface area contributed by atoms with Gasteiger partial charge in [0.05, 0.1) is 13.2 Å². The van der Waals surface area contributed by atoms with E-state index in [0.29, 0.717) is 5.11 Å². The molecule has 0 radical (unpaired) electrons. The molecular formula is C17H27N3OS. The first kappa shape index (κ1) is 17.2. The Labute approximate surface area is 139 Å². The van der Waals surface area contributed by atoms with Crippen molar-refractivity contribution >= 4 is 23.0 Å². The van der Waals surface area contributed by atoms with Gasteiger partial charge in [0.25, 0.3) is 0 Å². The first-order valence-corrected chi connectivity index (χ1v) is 8.38. The monoisotopic (exact) mass is 321 g/mol. The summed E-state index contributed by atoms with van der Waals surface area (Å²) in [5, 5.41) is 7.25. The average Bonchev–Trinajstić information content (AvgIpc) is 2.55. The number of nitrogens with zero attached hydrogens (tertiary/aromatic N) is 1. The number of anilines is 1. The molecule has 22 heavy (non-hydrogen) atoms. The Morgan fingerprint density at radius 1 is 1.23 bits per heavy atom. The molecule has 5 heteroatoms. The van der Waals surface area contributed by atoms with Gasteiger partial charge >= 0.3 is 0 Å². The molecule has 0 amide bonds. The van der Waals surface area contributed by atoms with Crippen LogP contribution in [0, 0.1) is 0 Å². The van der Waals surface area contributed by atoms with E-state index in [1.807, 2.05) is 0 Å². The summed E-state index contributed by atoms with van der Waals surface area (Å²) >= 11 is 5.40. The van der Waals surface area contributed by atoms with Gasteiger partial charge in [-0.05, 0) is 50.2 Å². The average molecular weight is 321 g/mol. The van der Waals surface area contributed by atoms with Crippen LogP contribution in [0.4, 0.5) is 5.69 Å². The fourth-order valence-electron chi connectivity index (χ4n) is 2.58. The van der Waals surface area contributed by atoms with E-state index in [1.54, 1.807) is 0 Å². The van der Waals surface area contributed by atoms with Gasteiger partial charge in [-0.2, -0.15) is 0 Å². The van der Waals surface area contributed by atoms with Crippen molar-refractivity contribution in [2.24, 2.45) is 0 Å². The molecule has 0 aromatic heterocycles. The minimum Gasteiger partial charge on any atom is -0.379 e. The number of hydrogen-bond acceptors (Lipinski definition) is 3. The van der Waals surface area contributed by atoms with Crippen LogP contribution in [0.15, 0.2) is 24.3 Å². The highest BCUT2D eigenvalue weighted by Gasteiger charge is 2.28. The molecule has 122 valence electrons. The van der Waals surface area contributed by atoms with Gasteiger partial charge in [-0.1, -0.05) is 19.1 Å². The van der Waals surface area contributed by atoms with Crippen molar-refractivity contribution in [3.63, 3.8) is 0 Å². The van der Waals surface area contributed by atoms with Crippen LogP contribution in [0.5, 0.6) is 0 Å². The topological polar surface area (TPSA) is 36.5 Å². The highest BCUT2D eigenvalue weighted by atomic mass is 32.1. The maximum Gasteiger partial charge on any atom is 0.170 e. The predicted molar refractivity (Wildman–Crippen MR) is 96.5 cm³/mol. The number of benzene rings is 1. The Bertz CT molecular complexity index is 481. The lowest BCUT2D eigenvalue weighted by Crippen LogP contribution is -2.55. The number of nitrogens with one attached hydrogen (secondary N) is 2. The van der Waals surface area contributed by atoms with E-state index in [-0.39, 0.29) is 5.54 Å². The third-order valence-electron chi connectivity index (χ3n) is 4.17. The zero-order valence-corrected chi connectivity index (χ0v) is 14.6. The van der Waals surface area contributed by atoms with Crippen molar-refractivity contribution < 1.29 is 4.74 Å². The zero-order valence-electron chi connectivity index (χ0n) is 13.8. The first-order valence-electron chi connectivity index (χ1n) is 7.98. The molecule has 1 aromatic carbocycles. The fraction of sp³-hybridized carbons (Fsp3) is 0.588. The van der Waals surface area contributed by atoms with Gasteiger partial charge < -0.3 is 15.4 Å². The second kappa shape index (κ2) is 7.90. The lowest BCUT2D eigenvalue weighted by Gasteiger charge is -2.41. The summed E-state index contributed by atoms with van der Waals surface area (Å²) in [6.45, 7) is 11.0. The van der Waals surface area contributed by atoms with Crippen molar-refractivity contribution in [2.45, 2.75) is 32.7 Å². The number of aryl methyl sites for hydroxylation is 1. The van der Waals surface area contributed by atoms with E-state index in [1.165, 1.54) is 5.56 Å². The van der Waals surface area contributed by atoms with Crippen LogP contribution in [-0.4, -0.2) is 48.4 Å². The molecule has 1 fully saturated rings. The minimum absolute atomic E-state index is 0.0571. The smallest absolute Gasteiger partial charge is 0.170 e. The molecule has 1 heterocycles. The van der Waals surface area contributed by atoms with Crippen molar-refractivity contribution in [2.75, 3.05) is 38.2 Å². The van der Waals surface area contributed by atoms with Crippen LogP contribution < -0.4 is 10.6 Å². The van der Waals surface area contributed by atoms with Crippen LogP contribution in [0.1, 0.15) is 26.3 Å². The number of hydrogen-bond donors (Lipinski definition) is 2. The Kier molecular flexibility index (Phi) is 6.17. The second-order valence-electron chi connectivity index (χ2n) is 6.27. The van der Waals surface area contributed by atoms with Gasteiger partial charge in [-0.25, -0.2) is 0 Å². The molecule has 2 rings (SSSR count). The summed E-state index contributed by atoms with van der Waals surface area (Å²) < 4.78 is 5.42. The van der Waals surface area contributed by atoms with Crippen LogP contribution in [0.3, 0.4) is 0 Å². The summed E-state index contributed by atoms with van der Waals surface area (Å²) in [6.07, 6.45) is 1.05. The van der Waals surface area contributed by atoms with E-state index < -0.39 is 0 Å². The first-order chi connectivity index (χ1) is 10.5. The van der Waals surface area contributed by atoms with E-state index in [4.69, 9.17) is 17.0 Å². The lowest BCUT2D eigenvalue weighted by atomic mass is 10.0. The van der Waals surface area contributed by atoms with Crippen molar-refractivity contribution in [1.29, 1.82) is 0 Å². The van der Waals surface area contributed by atoms with Crippen LogP contribution >= 0.6 is 12.2 Å². The highest BCUT2D eigenvalue weighted by molar-refractivity contribution is 7.80. The summed E-state index contributed by atoms with van der Waals surface area (Å²) in [4.78, 5) is 2.45. The standard InChI is InChI=1S/C17H27N3OS/c1-4-14-5-7-15(8-6-14)19-16(22)18-13-17(2,3)20-9-11-21-12-10-20/h5-8H,4,9-13H2,1-3H3,(H2,18,19,22). The van der Waals surface area contributed by atoms with E-state index in [0.717, 1.165) is 45.0 Å². The SMILES string of the molecule is CCc1ccc(NC(=S)NCC(C)(C)N2CCOCC2)cc1. The van der Waals surface area contributed by atoms with Gasteiger partial charge in [0.2, 0.25) is 0 Å². The number of ether oxygens (including phenoxy) is 1. The third-order valence-corrected chi connectivity index (χ3v) is 4.42. The molecule has 1 saturated heterocycles. The molecule has 0 bridgehead atoms. The Morgan fingerprint density at radius 3 is 2.45 bits per heavy atom. The Hall–Kier alpha value is -1.17. The maximum absolute atomic E-state index is 5.42. The summed E-state index contributed by atoms with van der Waals surface area (Å²) in [7, 11) is 0. The molecule has 4 nitrogen and oxygen atoms in total. The lowest BCUT2D eigenvalue weighted by molar-refractivity contribution is -0.00823. The normalized spacial score (nSPS) is 16.3. The Balaban J connectivity index is 1.80. The molecular weight excluding hydrogens is 294 g/mol. The number of morpholine rings is 1. The van der Waals surface area contributed by atoms with Crippen LogP contribution in [0.25, 0.3) is 0 Å². The maximum atomic E-state index is 5.42. The van der Waals surface area contributed by atoms with Crippen LogP contribution in [-0.2, 0) is 11.2 Å². The van der Waals surface area contributed by atoms with E-state index >= 15 is 0 Å². The highest BCUT2D eigenvalue weighted by Crippen LogP contribution is 2.15. The number of thiocarbonyl (C=S) groups is 1. The van der Waals surface area contributed by atoms with Gasteiger partial charge in [0.1, 0.15) is 0 Å². The number of rotatable bonds is 5. The molecule has 1 aromatic rings. The largest absolute Gasteiger partial charge is 0.379 e. The zero-order chi connectivity index (χ0) is 16.0. The van der Waals surface area contributed by atoms with E-state index in [2.05, 4.69) is 60.6 Å². The fourth-order valence-corrected chi connectivity index (χ4v) is 2.77. The molecule has 1 aliphatic heterocycles. The van der Waals surface area contributed by atoms with E-state index in [9.17, 15) is 0 Å². The molecule has 0 unspecified atom stereocenters. The quantitative estimate of drug-likeness (QED) is 0.816. The van der Waals surface area contributed by atoms with Gasteiger partial charge in [0.15, 0.2) is 5.11 Å². The van der Waals surface area contributed by atoms with Crippen molar-refractivity contribution in [3.8, 4) is 0 Å². The second-order valence-corrected chi connectivity index (χ2v) is 6.68. The van der Waals surface area contributed by atoms with Crippen LogP contribution in [0.2, 0.25) is 0 Å². The predicted octanol–water partition coefficient (Wildman–Crippen LogP) is 2.65. The molecule has 1 aliphatic rings. The van der Waals surface area contributed by atoms with Gasteiger partial charge in [-0.3, -0.25) is 4.90 Å². The molecule has 0 atom stereocenters. The summed E-state index contributed by atoms with van der Waals surface area (Å²) in [5.41, 5.74) is 2.42. The Morgan fingerprint density at radius 2 is 1.86 bits per heavy atom. The van der Waals surface area contributed by atoms with Gasteiger partial charge in [0, 0.05) is 30.9 Å². The van der Waals surface area contributed by atoms with Crippen molar-refractivity contribution in [1.82, 2.24) is 10.2 Å². The minimum atomic E-state index is 0.0571. The molecule has 0 saturated carbocycles. The summed E-state index contributed by atoms with van der Waals surface area (Å²) in [6, 6.07) is 8.39. The van der Waals surface area contributed by atoms with Crippen molar-refractivity contribution in [3.05, 3.63) is 29.8 Å².